The third-order valence-electron chi connectivity index (χ3n) is 5.54. The van der Waals surface area contributed by atoms with Gasteiger partial charge in [-0.2, -0.15) is 5.26 Å². The van der Waals surface area contributed by atoms with Gasteiger partial charge in [0.25, 0.3) is 0 Å². The summed E-state index contributed by atoms with van der Waals surface area (Å²) < 4.78 is 13.2. The summed E-state index contributed by atoms with van der Waals surface area (Å²) in [4.78, 5) is 13.2. The van der Waals surface area contributed by atoms with Crippen molar-refractivity contribution in [3.63, 3.8) is 0 Å². The number of benzene rings is 2. The van der Waals surface area contributed by atoms with E-state index in [2.05, 4.69) is 16.3 Å². The highest BCUT2D eigenvalue weighted by Crippen LogP contribution is 2.31. The van der Waals surface area contributed by atoms with Gasteiger partial charge in [0.2, 0.25) is 0 Å². The van der Waals surface area contributed by atoms with E-state index in [1.54, 1.807) is 30.3 Å². The van der Waals surface area contributed by atoms with Crippen molar-refractivity contribution in [1.29, 1.82) is 5.26 Å². The molecule has 2 heterocycles. The summed E-state index contributed by atoms with van der Waals surface area (Å²) in [5.41, 5.74) is 1.31. The minimum absolute atomic E-state index is 0.327. The highest BCUT2D eigenvalue weighted by molar-refractivity contribution is 6.30. The van der Waals surface area contributed by atoms with Crippen LogP contribution in [0.3, 0.4) is 0 Å². The van der Waals surface area contributed by atoms with Crippen LogP contribution >= 0.6 is 11.6 Å². The number of ketones is 1. The van der Waals surface area contributed by atoms with Crippen molar-refractivity contribution in [2.75, 3.05) is 7.11 Å². The summed E-state index contributed by atoms with van der Waals surface area (Å²) in [6.07, 6.45) is 3.94. The van der Waals surface area contributed by atoms with Gasteiger partial charge in [-0.15, -0.1) is 10.2 Å². The predicted molar refractivity (Wildman–Crippen MR) is 119 cm³/mol. The number of nitriles is 1. The Kier molecular flexibility index (Phi) is 6.72. The molecule has 0 saturated carbocycles. The van der Waals surface area contributed by atoms with Crippen molar-refractivity contribution >= 4 is 17.4 Å². The molecule has 0 bridgehead atoms. The number of hydrogen-bond donors (Lipinski definition) is 0. The fourth-order valence-corrected chi connectivity index (χ4v) is 3.93. The normalized spacial score (nSPS) is 14.0. The maximum Gasteiger partial charge on any atom is 0.187 e. The summed E-state index contributed by atoms with van der Waals surface area (Å²) in [5, 5.41) is 18.9. The third kappa shape index (κ3) is 4.61. The molecule has 8 heteroatoms. The number of carbonyl (C=O) groups is 1. The van der Waals surface area contributed by atoms with Crippen LogP contribution in [0.15, 0.2) is 42.5 Å². The predicted octanol–water partition coefficient (Wildman–Crippen LogP) is 4.74. The molecule has 1 atom stereocenters. The van der Waals surface area contributed by atoms with Gasteiger partial charge in [-0.25, -0.2) is 0 Å². The van der Waals surface area contributed by atoms with Crippen LogP contribution in [0.4, 0.5) is 0 Å². The van der Waals surface area contributed by atoms with Crippen molar-refractivity contribution < 1.29 is 14.3 Å². The molecule has 4 rings (SSSR count). The highest BCUT2D eigenvalue weighted by atomic mass is 35.5. The quantitative estimate of drug-likeness (QED) is 0.483. The van der Waals surface area contributed by atoms with E-state index in [1.807, 2.05) is 16.7 Å². The number of ether oxygens (including phenoxy) is 2. The van der Waals surface area contributed by atoms with Crippen molar-refractivity contribution in [3.8, 4) is 17.6 Å². The molecule has 1 aromatic heterocycles. The number of halogens is 1. The molecule has 0 radical (unpaired) electrons. The SMILES string of the molecule is COc1cc(C(=O)C(C#N)c2nnc3n2CCCCC3)ccc1OCc1ccc(Cl)cc1. The lowest BCUT2D eigenvalue weighted by atomic mass is 9.97. The maximum absolute atomic E-state index is 13.2. The van der Waals surface area contributed by atoms with Gasteiger partial charge in [-0.3, -0.25) is 4.79 Å². The van der Waals surface area contributed by atoms with Crippen molar-refractivity contribution in [2.24, 2.45) is 0 Å². The summed E-state index contributed by atoms with van der Waals surface area (Å²) >= 11 is 5.92. The molecule has 0 N–H and O–H groups in total. The monoisotopic (exact) mass is 450 g/mol. The number of methoxy groups -OCH3 is 1. The van der Waals surface area contributed by atoms with Gasteiger partial charge in [-0.05, 0) is 48.7 Å². The van der Waals surface area contributed by atoms with Crippen LogP contribution in [0.25, 0.3) is 0 Å². The molecule has 32 heavy (non-hydrogen) atoms. The van der Waals surface area contributed by atoms with E-state index in [0.717, 1.165) is 43.6 Å². The van der Waals surface area contributed by atoms with Crippen LogP contribution in [-0.4, -0.2) is 27.7 Å². The second-order valence-corrected chi connectivity index (χ2v) is 8.08. The Morgan fingerprint density at radius 2 is 1.97 bits per heavy atom. The van der Waals surface area contributed by atoms with Gasteiger partial charge in [0.1, 0.15) is 12.4 Å². The third-order valence-corrected chi connectivity index (χ3v) is 5.80. The van der Waals surface area contributed by atoms with Gasteiger partial charge in [0.05, 0.1) is 13.2 Å². The molecule has 0 spiro atoms. The number of hydrogen-bond acceptors (Lipinski definition) is 6. The van der Waals surface area contributed by atoms with Crippen molar-refractivity contribution in [2.45, 2.75) is 44.8 Å². The molecule has 1 aliphatic heterocycles. The molecule has 0 amide bonds. The Morgan fingerprint density at radius 1 is 1.16 bits per heavy atom. The summed E-state index contributed by atoms with van der Waals surface area (Å²) in [6, 6.07) is 14.4. The first-order valence-corrected chi connectivity index (χ1v) is 10.9. The first kappa shape index (κ1) is 21.8. The van der Waals surface area contributed by atoms with Crippen molar-refractivity contribution in [1.82, 2.24) is 14.8 Å². The molecule has 0 aliphatic carbocycles. The Labute approximate surface area is 191 Å². The molecule has 7 nitrogen and oxygen atoms in total. The van der Waals surface area contributed by atoms with Crippen LogP contribution in [0.2, 0.25) is 5.02 Å². The molecule has 0 saturated heterocycles. The standard InChI is InChI=1S/C24H23ClN4O3/c1-31-21-13-17(8-11-20(21)32-15-16-6-9-18(25)10-7-16)23(30)19(14-26)24-28-27-22-5-3-2-4-12-29(22)24/h6-11,13,19H,2-5,12,15H2,1H3. The Hall–Kier alpha value is -3.37. The van der Waals surface area contributed by atoms with Crippen LogP contribution in [0.1, 0.15) is 52.8 Å². The van der Waals surface area contributed by atoms with E-state index in [0.29, 0.717) is 34.5 Å². The second kappa shape index (κ2) is 9.84. The summed E-state index contributed by atoms with van der Waals surface area (Å²) in [5.74, 6) is 0.810. The zero-order chi connectivity index (χ0) is 22.5. The van der Waals surface area contributed by atoms with Crippen LogP contribution in [0, 0.1) is 11.3 Å². The first-order valence-electron chi connectivity index (χ1n) is 10.5. The second-order valence-electron chi connectivity index (χ2n) is 7.64. The zero-order valence-corrected chi connectivity index (χ0v) is 18.5. The molecule has 2 aromatic carbocycles. The first-order chi connectivity index (χ1) is 15.6. The highest BCUT2D eigenvalue weighted by Gasteiger charge is 2.29. The lowest BCUT2D eigenvalue weighted by molar-refractivity contribution is 0.0974. The van der Waals surface area contributed by atoms with E-state index in [1.165, 1.54) is 7.11 Å². The lowest BCUT2D eigenvalue weighted by Crippen LogP contribution is -2.17. The number of aryl methyl sites for hydroxylation is 1. The average Bonchev–Trinajstić information content (AvgIpc) is 3.06. The molecule has 3 aromatic rings. The van der Waals surface area contributed by atoms with E-state index in [4.69, 9.17) is 21.1 Å². The number of carbonyl (C=O) groups excluding carboxylic acids is 1. The fourth-order valence-electron chi connectivity index (χ4n) is 3.80. The molecule has 164 valence electrons. The Bertz CT molecular complexity index is 1150. The molecular weight excluding hydrogens is 428 g/mol. The van der Waals surface area contributed by atoms with Gasteiger partial charge >= 0.3 is 0 Å². The Morgan fingerprint density at radius 3 is 2.72 bits per heavy atom. The number of aromatic nitrogens is 3. The smallest absolute Gasteiger partial charge is 0.187 e. The minimum atomic E-state index is -1.03. The number of rotatable bonds is 7. The van der Waals surface area contributed by atoms with Gasteiger partial charge < -0.3 is 14.0 Å². The molecule has 1 aliphatic rings. The fraction of sp³-hybridized carbons (Fsp3) is 0.333. The largest absolute Gasteiger partial charge is 0.493 e. The van der Waals surface area contributed by atoms with Crippen LogP contribution in [-0.2, 0) is 19.6 Å². The van der Waals surface area contributed by atoms with Crippen molar-refractivity contribution in [3.05, 3.63) is 70.3 Å². The summed E-state index contributed by atoms with van der Waals surface area (Å²) in [7, 11) is 1.51. The Balaban J connectivity index is 1.55. The number of Topliss-reactive ketones (excluding diaryl/α,β-unsaturated/α-hetero) is 1. The minimum Gasteiger partial charge on any atom is -0.493 e. The van der Waals surface area contributed by atoms with E-state index < -0.39 is 5.92 Å². The van der Waals surface area contributed by atoms with Gasteiger partial charge in [-0.1, -0.05) is 30.2 Å². The van der Waals surface area contributed by atoms with Gasteiger partial charge in [0, 0.05) is 23.6 Å². The maximum atomic E-state index is 13.2. The molecule has 1 unspecified atom stereocenters. The average molecular weight is 451 g/mol. The van der Waals surface area contributed by atoms with Crippen LogP contribution in [0.5, 0.6) is 11.5 Å². The zero-order valence-electron chi connectivity index (χ0n) is 17.8. The summed E-state index contributed by atoms with van der Waals surface area (Å²) in [6.45, 7) is 1.05. The lowest BCUT2D eigenvalue weighted by Gasteiger charge is -2.14. The molecule has 0 fully saturated rings. The molecular formula is C24H23ClN4O3. The van der Waals surface area contributed by atoms with Crippen LogP contribution < -0.4 is 9.47 Å². The topological polar surface area (TPSA) is 90.0 Å². The van der Waals surface area contributed by atoms with E-state index >= 15 is 0 Å². The van der Waals surface area contributed by atoms with E-state index in [9.17, 15) is 10.1 Å². The van der Waals surface area contributed by atoms with Gasteiger partial charge in [0.15, 0.2) is 29.0 Å². The van der Waals surface area contributed by atoms with E-state index in [-0.39, 0.29) is 5.78 Å². The number of nitrogens with zero attached hydrogens (tertiary/aromatic N) is 4. The number of fused-ring (bicyclic) bond motifs is 1.